The molecule has 0 atom stereocenters. The molecule has 0 heterocycles. The summed E-state index contributed by atoms with van der Waals surface area (Å²) in [5.74, 6) is -2.94. The number of amides is 1. The van der Waals surface area contributed by atoms with E-state index in [1.807, 2.05) is 0 Å². The van der Waals surface area contributed by atoms with Gasteiger partial charge < -0.3 is 0 Å². The Kier molecular flexibility index (Phi) is 1.74. The summed E-state index contributed by atoms with van der Waals surface area (Å²) in [5.41, 5.74) is 0. The van der Waals surface area contributed by atoms with E-state index in [-0.39, 0.29) is 0 Å². The first-order valence-electron chi connectivity index (χ1n) is 1.61. The topological polar surface area (TPSA) is 60.2 Å². The number of alkyl halides is 3. The summed E-state index contributed by atoms with van der Waals surface area (Å²) >= 11 is 0. The molecule has 0 spiro atoms. The normalized spacial score (nSPS) is 11.0. The average Bonchev–Trinajstić information content (AvgIpc) is 1.62. The summed E-state index contributed by atoms with van der Waals surface area (Å²) < 4.78 is 32.7. The Balaban J connectivity index is 4.23. The van der Waals surface area contributed by atoms with Crippen LogP contribution in [0.3, 0.4) is 0 Å². The van der Waals surface area contributed by atoms with Crippen molar-refractivity contribution in [3.63, 3.8) is 0 Å². The number of nitro groups is 1. The van der Waals surface area contributed by atoms with Crippen molar-refractivity contribution in [2.24, 2.45) is 0 Å². The minimum atomic E-state index is -5.36. The van der Waals surface area contributed by atoms with Crippen LogP contribution >= 0.6 is 0 Å². The van der Waals surface area contributed by atoms with Crippen molar-refractivity contribution in [3.05, 3.63) is 10.1 Å². The summed E-state index contributed by atoms with van der Waals surface area (Å²) in [4.78, 5) is 16.4. The molecule has 0 radical (unpaired) electrons. The standard InChI is InChI=1S/C2F3NO3/c3-2(4,5)1(7)6(8)9. The highest BCUT2D eigenvalue weighted by molar-refractivity contribution is 5.73. The molecule has 0 aliphatic rings. The smallest absolute Gasteiger partial charge is 0.255 e. The molecule has 0 saturated carbocycles. The fourth-order valence-corrected chi connectivity index (χ4v) is 0.104. The summed E-state index contributed by atoms with van der Waals surface area (Å²) in [6.07, 6.45) is -5.36. The van der Waals surface area contributed by atoms with Crippen LogP contribution in [-0.4, -0.2) is 17.0 Å². The van der Waals surface area contributed by atoms with Gasteiger partial charge >= 0.3 is 12.1 Å². The van der Waals surface area contributed by atoms with Gasteiger partial charge in [-0.3, -0.25) is 10.1 Å². The lowest BCUT2D eigenvalue weighted by atomic mass is 10.6. The monoisotopic (exact) mass is 143 g/mol. The molecule has 52 valence electrons. The van der Waals surface area contributed by atoms with Gasteiger partial charge in [0.25, 0.3) is 0 Å². The first kappa shape index (κ1) is 7.86. The second-order valence-electron chi connectivity index (χ2n) is 1.06. The molecular weight excluding hydrogens is 143 g/mol. The fourth-order valence-electron chi connectivity index (χ4n) is 0.104. The molecule has 0 bridgehead atoms. The number of hydrogen-bond acceptors (Lipinski definition) is 3. The van der Waals surface area contributed by atoms with Crippen LogP contribution in [-0.2, 0) is 4.79 Å². The number of rotatable bonds is 0. The van der Waals surface area contributed by atoms with E-state index in [9.17, 15) is 18.0 Å². The van der Waals surface area contributed by atoms with E-state index in [1.54, 1.807) is 0 Å². The lowest BCUT2D eigenvalue weighted by Gasteiger charge is -1.93. The molecule has 0 rings (SSSR count). The highest BCUT2D eigenvalue weighted by atomic mass is 19.4. The van der Waals surface area contributed by atoms with Crippen LogP contribution in [0.4, 0.5) is 13.2 Å². The minimum Gasteiger partial charge on any atom is -0.255 e. The van der Waals surface area contributed by atoms with Crippen LogP contribution in [0.25, 0.3) is 0 Å². The Morgan fingerprint density at radius 1 is 1.44 bits per heavy atom. The van der Waals surface area contributed by atoms with Crippen molar-refractivity contribution in [1.82, 2.24) is 0 Å². The maximum Gasteiger partial charge on any atom is 0.549 e. The Hall–Kier alpha value is -1.14. The van der Waals surface area contributed by atoms with Crippen molar-refractivity contribution in [3.8, 4) is 0 Å². The van der Waals surface area contributed by atoms with Gasteiger partial charge in [0, 0.05) is 0 Å². The molecule has 0 fully saturated rings. The zero-order valence-electron chi connectivity index (χ0n) is 3.81. The molecule has 0 N–H and O–H groups in total. The fraction of sp³-hybridized carbons (Fsp3) is 0.500. The molecule has 9 heavy (non-hydrogen) atoms. The number of halogens is 3. The van der Waals surface area contributed by atoms with Crippen LogP contribution in [0.1, 0.15) is 0 Å². The van der Waals surface area contributed by atoms with Gasteiger partial charge in [-0.25, -0.2) is 4.79 Å². The SMILES string of the molecule is O=C([N+](=O)[O-])C(F)(F)F. The zero-order chi connectivity index (χ0) is 7.65. The van der Waals surface area contributed by atoms with Crippen LogP contribution in [0.5, 0.6) is 0 Å². The summed E-state index contributed by atoms with van der Waals surface area (Å²) in [7, 11) is 0. The van der Waals surface area contributed by atoms with Gasteiger partial charge in [-0.15, -0.1) is 0 Å². The Morgan fingerprint density at radius 2 is 1.78 bits per heavy atom. The third-order valence-corrected chi connectivity index (χ3v) is 0.408. The van der Waals surface area contributed by atoms with Crippen molar-refractivity contribution in [2.45, 2.75) is 6.18 Å². The van der Waals surface area contributed by atoms with E-state index >= 15 is 0 Å². The molecule has 1 amide bonds. The van der Waals surface area contributed by atoms with Crippen LogP contribution in [0.2, 0.25) is 0 Å². The van der Waals surface area contributed by atoms with Gasteiger partial charge in [-0.05, 0) is 0 Å². The maximum atomic E-state index is 10.9. The first-order valence-corrected chi connectivity index (χ1v) is 1.61. The molecule has 4 nitrogen and oxygen atoms in total. The largest absolute Gasteiger partial charge is 0.549 e. The quantitative estimate of drug-likeness (QED) is 0.363. The average molecular weight is 143 g/mol. The molecule has 0 aromatic rings. The van der Waals surface area contributed by atoms with Crippen molar-refractivity contribution in [1.29, 1.82) is 0 Å². The van der Waals surface area contributed by atoms with Crippen LogP contribution in [0, 0.1) is 10.1 Å². The lowest BCUT2D eigenvalue weighted by Crippen LogP contribution is -2.29. The highest BCUT2D eigenvalue weighted by Gasteiger charge is 2.49. The van der Waals surface area contributed by atoms with Crippen LogP contribution in [0.15, 0.2) is 0 Å². The summed E-state index contributed by atoms with van der Waals surface area (Å²) in [6.45, 7) is 0. The predicted octanol–water partition coefficient (Wildman–Crippen LogP) is 0.352. The van der Waals surface area contributed by atoms with E-state index in [0.717, 1.165) is 0 Å². The van der Waals surface area contributed by atoms with Crippen molar-refractivity contribution < 1.29 is 22.9 Å². The van der Waals surface area contributed by atoms with Gasteiger partial charge in [0.15, 0.2) is 0 Å². The van der Waals surface area contributed by atoms with Gasteiger partial charge in [-0.1, -0.05) is 0 Å². The molecule has 0 saturated heterocycles. The number of nitrogens with zero attached hydrogens (tertiary/aromatic N) is 1. The van der Waals surface area contributed by atoms with E-state index in [4.69, 9.17) is 10.1 Å². The third-order valence-electron chi connectivity index (χ3n) is 0.408. The molecule has 0 aliphatic carbocycles. The summed E-state index contributed by atoms with van der Waals surface area (Å²) in [5, 5.41) is 9.08. The van der Waals surface area contributed by atoms with Gasteiger partial charge in [0.1, 0.15) is 4.92 Å². The molecule has 7 heteroatoms. The zero-order valence-corrected chi connectivity index (χ0v) is 3.81. The Bertz CT molecular complexity index is 150. The minimum absolute atomic E-state index is 2.01. The second-order valence-corrected chi connectivity index (χ2v) is 1.06. The second kappa shape index (κ2) is 2.00. The van der Waals surface area contributed by atoms with E-state index in [0.29, 0.717) is 0 Å². The molecule has 0 aromatic carbocycles. The van der Waals surface area contributed by atoms with Gasteiger partial charge in [0.2, 0.25) is 0 Å². The molecular formula is C2F3NO3. The Labute approximate surface area is 46.4 Å². The van der Waals surface area contributed by atoms with Crippen molar-refractivity contribution in [2.75, 3.05) is 0 Å². The maximum absolute atomic E-state index is 10.9. The van der Waals surface area contributed by atoms with E-state index in [2.05, 4.69) is 0 Å². The van der Waals surface area contributed by atoms with Gasteiger partial charge in [-0.2, -0.15) is 13.2 Å². The lowest BCUT2D eigenvalue weighted by molar-refractivity contribution is -0.426. The third kappa shape index (κ3) is 2.06. The van der Waals surface area contributed by atoms with Crippen molar-refractivity contribution >= 4 is 5.91 Å². The number of carbonyl (C=O) groups is 1. The van der Waals surface area contributed by atoms with E-state index in [1.165, 1.54) is 0 Å². The number of hydrogen-bond donors (Lipinski definition) is 0. The van der Waals surface area contributed by atoms with Gasteiger partial charge in [0.05, 0.1) is 0 Å². The Morgan fingerprint density at radius 3 is 1.78 bits per heavy atom. The summed E-state index contributed by atoms with van der Waals surface area (Å²) in [6, 6.07) is 0. The molecule has 0 aromatic heterocycles. The number of carbonyl (C=O) groups excluding carboxylic acids is 1. The predicted molar refractivity (Wildman–Crippen MR) is 18.1 cm³/mol. The molecule has 0 unspecified atom stereocenters. The highest BCUT2D eigenvalue weighted by Crippen LogP contribution is 2.15. The first-order chi connectivity index (χ1) is 3.85. The molecule has 0 aliphatic heterocycles. The van der Waals surface area contributed by atoms with E-state index < -0.39 is 17.0 Å². The van der Waals surface area contributed by atoms with Crippen LogP contribution < -0.4 is 0 Å².